The maximum absolute atomic E-state index is 13.3. The highest BCUT2D eigenvalue weighted by Crippen LogP contribution is 2.41. The maximum Gasteiger partial charge on any atom is 0.421 e. The molecule has 31 heavy (non-hydrogen) atoms. The zero-order valence-electron chi connectivity index (χ0n) is 17.6. The average Bonchev–Trinajstić information content (AvgIpc) is 3.59. The molecule has 1 amide bonds. The van der Waals surface area contributed by atoms with Gasteiger partial charge in [-0.05, 0) is 74.6 Å². The molecule has 0 bridgehead atoms. The summed E-state index contributed by atoms with van der Waals surface area (Å²) in [5.74, 6) is 0.390. The van der Waals surface area contributed by atoms with E-state index in [4.69, 9.17) is 0 Å². The molecule has 2 fully saturated rings. The Morgan fingerprint density at radius 1 is 0.871 bits per heavy atom. The van der Waals surface area contributed by atoms with Gasteiger partial charge in [0.25, 0.3) is 5.91 Å². The van der Waals surface area contributed by atoms with Crippen LogP contribution in [0.25, 0.3) is 0 Å². The molecule has 166 valence electrons. The number of halogens is 3. The summed E-state index contributed by atoms with van der Waals surface area (Å²) in [6.07, 6.45) is 1.09. The van der Waals surface area contributed by atoms with E-state index in [2.05, 4.69) is 24.3 Å². The summed E-state index contributed by atoms with van der Waals surface area (Å²) in [6, 6.07) is 16.1. The normalized spacial score (nSPS) is 23.8. The summed E-state index contributed by atoms with van der Waals surface area (Å²) in [5.41, 5.74) is -1.49. The van der Waals surface area contributed by atoms with Crippen molar-refractivity contribution in [1.82, 2.24) is 4.90 Å². The van der Waals surface area contributed by atoms with Gasteiger partial charge in [-0.25, -0.2) is 0 Å². The van der Waals surface area contributed by atoms with Gasteiger partial charge in [-0.1, -0.05) is 42.5 Å². The zero-order chi connectivity index (χ0) is 22.2. The van der Waals surface area contributed by atoms with Crippen molar-refractivity contribution in [2.45, 2.75) is 75.2 Å². The van der Waals surface area contributed by atoms with Crippen molar-refractivity contribution >= 4 is 5.91 Å². The van der Waals surface area contributed by atoms with Crippen molar-refractivity contribution in [3.8, 4) is 0 Å². The third-order valence-electron chi connectivity index (χ3n) is 6.78. The lowest BCUT2D eigenvalue weighted by Gasteiger charge is -2.37. The molecule has 2 saturated carbocycles. The molecular weight excluding hydrogens is 403 g/mol. The Bertz CT molecular complexity index is 897. The number of rotatable bonds is 5. The van der Waals surface area contributed by atoms with Crippen LogP contribution in [0.3, 0.4) is 0 Å². The Kier molecular flexibility index (Phi) is 5.86. The summed E-state index contributed by atoms with van der Waals surface area (Å²) in [5, 5.41) is 9.86. The standard InChI is InChI=1S/C25H28F3NO2/c1-24(31,25(26,27)28)20-11-7-19(8-12-20)23(30)29(22-15-16-22)21-13-9-18(10-14-21)17-5-3-2-4-6-17/h2-8,11-12,18,21-22,31H,9-10,13-16H2,1H3/t18?,21?,24-/m0/s1. The Balaban J connectivity index is 1.46. The van der Waals surface area contributed by atoms with E-state index in [1.54, 1.807) is 0 Å². The molecule has 4 rings (SSSR count). The molecule has 0 saturated heterocycles. The first kappa shape index (κ1) is 21.9. The van der Waals surface area contributed by atoms with Crippen LogP contribution in [0.4, 0.5) is 13.2 Å². The van der Waals surface area contributed by atoms with Crippen LogP contribution in [-0.4, -0.2) is 34.2 Å². The second-order valence-corrected chi connectivity index (χ2v) is 9.01. The molecule has 2 aliphatic rings. The lowest BCUT2D eigenvalue weighted by molar-refractivity contribution is -0.258. The number of carbonyl (C=O) groups excluding carboxylic acids is 1. The third-order valence-corrected chi connectivity index (χ3v) is 6.78. The molecule has 2 aromatic rings. The number of amides is 1. The van der Waals surface area contributed by atoms with Gasteiger partial charge in [-0.15, -0.1) is 0 Å². The maximum atomic E-state index is 13.3. The molecule has 1 N–H and O–H groups in total. The fraction of sp³-hybridized carbons (Fsp3) is 0.480. The molecule has 6 heteroatoms. The quantitative estimate of drug-likeness (QED) is 0.651. The summed E-state index contributed by atoms with van der Waals surface area (Å²) in [6.45, 7) is 0.728. The van der Waals surface area contributed by atoms with Gasteiger partial charge in [0.2, 0.25) is 0 Å². The van der Waals surface area contributed by atoms with Crippen molar-refractivity contribution in [2.75, 3.05) is 0 Å². The highest BCUT2D eigenvalue weighted by Gasteiger charge is 2.51. The van der Waals surface area contributed by atoms with Crippen LogP contribution < -0.4 is 0 Å². The first-order chi connectivity index (χ1) is 14.7. The molecule has 0 unspecified atom stereocenters. The Morgan fingerprint density at radius 2 is 1.39 bits per heavy atom. The zero-order valence-corrected chi connectivity index (χ0v) is 17.6. The predicted molar refractivity (Wildman–Crippen MR) is 113 cm³/mol. The minimum Gasteiger partial charge on any atom is -0.376 e. The van der Waals surface area contributed by atoms with Crippen molar-refractivity contribution in [1.29, 1.82) is 0 Å². The number of hydrogen-bond acceptors (Lipinski definition) is 2. The fourth-order valence-electron chi connectivity index (χ4n) is 4.65. The van der Waals surface area contributed by atoms with E-state index < -0.39 is 11.8 Å². The molecule has 1 atom stereocenters. The topological polar surface area (TPSA) is 40.5 Å². The molecule has 0 aliphatic heterocycles. The van der Waals surface area contributed by atoms with Crippen LogP contribution in [0.15, 0.2) is 54.6 Å². The van der Waals surface area contributed by atoms with Gasteiger partial charge in [0, 0.05) is 17.6 Å². The minimum atomic E-state index is -4.78. The number of nitrogens with zero attached hydrogens (tertiary/aromatic N) is 1. The molecule has 2 aliphatic carbocycles. The molecule has 0 spiro atoms. The number of hydrogen-bond donors (Lipinski definition) is 1. The number of carbonyl (C=O) groups is 1. The summed E-state index contributed by atoms with van der Waals surface area (Å²) in [7, 11) is 0. The minimum absolute atomic E-state index is 0.121. The Hall–Kier alpha value is -2.34. The van der Waals surface area contributed by atoms with Gasteiger partial charge in [0.15, 0.2) is 5.60 Å². The highest BCUT2D eigenvalue weighted by molar-refractivity contribution is 5.95. The van der Waals surface area contributed by atoms with E-state index in [1.165, 1.54) is 29.8 Å². The van der Waals surface area contributed by atoms with Gasteiger partial charge in [0.05, 0.1) is 0 Å². The van der Waals surface area contributed by atoms with Crippen LogP contribution >= 0.6 is 0 Å². The summed E-state index contributed by atoms with van der Waals surface area (Å²) in [4.78, 5) is 15.2. The molecule has 0 radical (unpaired) electrons. The van der Waals surface area contributed by atoms with Crippen LogP contribution in [0, 0.1) is 0 Å². The van der Waals surface area contributed by atoms with Crippen LogP contribution in [0.1, 0.15) is 72.9 Å². The first-order valence-corrected chi connectivity index (χ1v) is 11.0. The summed E-state index contributed by atoms with van der Waals surface area (Å²) < 4.78 is 39.3. The molecular formula is C25H28F3NO2. The first-order valence-electron chi connectivity index (χ1n) is 11.0. The number of alkyl halides is 3. The Labute approximate surface area is 180 Å². The Morgan fingerprint density at radius 3 is 1.87 bits per heavy atom. The van der Waals surface area contributed by atoms with E-state index in [0.717, 1.165) is 45.4 Å². The fourth-order valence-corrected chi connectivity index (χ4v) is 4.65. The van der Waals surface area contributed by atoms with Crippen molar-refractivity contribution < 1.29 is 23.1 Å². The monoisotopic (exact) mass is 431 g/mol. The number of benzene rings is 2. The van der Waals surface area contributed by atoms with Gasteiger partial charge in [0.1, 0.15) is 0 Å². The van der Waals surface area contributed by atoms with Crippen molar-refractivity contribution in [3.63, 3.8) is 0 Å². The van der Waals surface area contributed by atoms with Gasteiger partial charge >= 0.3 is 6.18 Å². The van der Waals surface area contributed by atoms with E-state index in [9.17, 15) is 23.1 Å². The van der Waals surface area contributed by atoms with Crippen LogP contribution in [0.5, 0.6) is 0 Å². The summed E-state index contributed by atoms with van der Waals surface area (Å²) >= 11 is 0. The van der Waals surface area contributed by atoms with E-state index in [1.807, 2.05) is 11.0 Å². The third kappa shape index (κ3) is 4.49. The van der Waals surface area contributed by atoms with Crippen molar-refractivity contribution in [3.05, 3.63) is 71.3 Å². The SMILES string of the molecule is C[C@](O)(c1ccc(C(=O)N(C2CCC(c3ccccc3)CC2)C2CC2)cc1)C(F)(F)F. The lowest BCUT2D eigenvalue weighted by atomic mass is 9.81. The highest BCUT2D eigenvalue weighted by atomic mass is 19.4. The average molecular weight is 431 g/mol. The van der Waals surface area contributed by atoms with Crippen molar-refractivity contribution in [2.24, 2.45) is 0 Å². The van der Waals surface area contributed by atoms with Crippen LogP contribution in [0.2, 0.25) is 0 Å². The molecule has 0 aromatic heterocycles. The molecule has 2 aromatic carbocycles. The molecule has 3 nitrogen and oxygen atoms in total. The second kappa shape index (κ2) is 8.30. The second-order valence-electron chi connectivity index (χ2n) is 9.01. The largest absolute Gasteiger partial charge is 0.421 e. The smallest absolute Gasteiger partial charge is 0.376 e. The number of aliphatic hydroxyl groups is 1. The van der Waals surface area contributed by atoms with E-state index >= 15 is 0 Å². The van der Waals surface area contributed by atoms with E-state index in [0.29, 0.717) is 11.5 Å². The van der Waals surface area contributed by atoms with Gasteiger partial charge in [-0.2, -0.15) is 13.2 Å². The molecule has 0 heterocycles. The lowest BCUT2D eigenvalue weighted by Crippen LogP contribution is -2.43. The van der Waals surface area contributed by atoms with E-state index in [-0.39, 0.29) is 23.6 Å². The van der Waals surface area contributed by atoms with Gasteiger partial charge in [-0.3, -0.25) is 4.79 Å². The van der Waals surface area contributed by atoms with Gasteiger partial charge < -0.3 is 10.0 Å². The predicted octanol–water partition coefficient (Wildman–Crippen LogP) is 5.79. The van der Waals surface area contributed by atoms with Crippen LogP contribution in [-0.2, 0) is 5.60 Å².